The fraction of sp³-hybridized carbons (Fsp3) is 0.235. The van der Waals surface area contributed by atoms with E-state index in [1.165, 1.54) is 11.3 Å². The van der Waals surface area contributed by atoms with E-state index >= 15 is 0 Å². The molecule has 3 aromatic rings. The van der Waals surface area contributed by atoms with Gasteiger partial charge in [-0.15, -0.1) is 21.5 Å². The van der Waals surface area contributed by atoms with E-state index in [0.717, 1.165) is 11.4 Å². The van der Waals surface area contributed by atoms with Gasteiger partial charge < -0.3 is 14.6 Å². The van der Waals surface area contributed by atoms with Crippen molar-refractivity contribution >= 4 is 17.2 Å². The molecule has 0 aliphatic heterocycles. The lowest BCUT2D eigenvalue weighted by molar-refractivity contribution is 0.0942. The molecule has 6 nitrogen and oxygen atoms in total. The second kappa shape index (κ2) is 6.84. The number of methoxy groups -OCH3 is 1. The second-order valence-corrected chi connectivity index (χ2v) is 6.22. The topological polar surface area (TPSA) is 69.0 Å². The molecule has 2 aromatic heterocycles. The first-order valence-electron chi connectivity index (χ1n) is 7.45. The van der Waals surface area contributed by atoms with Gasteiger partial charge in [0, 0.05) is 7.05 Å². The standard InChI is InChI=1S/C17H18N4O2S/c1-11-19-20-16(21(11)2)14(12-7-5-4-6-8-12)18-17(22)15-13(23-3)9-10-24-15/h4-10,14H,1-3H3,(H,18,22)/t14-/m1/s1. The van der Waals surface area contributed by atoms with Crippen molar-refractivity contribution in [3.05, 3.63) is 63.9 Å². The van der Waals surface area contributed by atoms with E-state index in [9.17, 15) is 4.79 Å². The second-order valence-electron chi connectivity index (χ2n) is 5.30. The number of hydrogen-bond acceptors (Lipinski definition) is 5. The van der Waals surface area contributed by atoms with Crippen LogP contribution in [0.5, 0.6) is 5.75 Å². The van der Waals surface area contributed by atoms with E-state index in [4.69, 9.17) is 4.74 Å². The van der Waals surface area contributed by atoms with Crippen molar-refractivity contribution < 1.29 is 9.53 Å². The molecule has 1 aromatic carbocycles. The van der Waals surface area contributed by atoms with Gasteiger partial charge in [0.05, 0.1) is 7.11 Å². The van der Waals surface area contributed by atoms with Crippen LogP contribution in [0.1, 0.15) is 32.9 Å². The predicted molar refractivity (Wildman–Crippen MR) is 92.4 cm³/mol. The Bertz CT molecular complexity index is 841. The van der Waals surface area contributed by atoms with E-state index in [0.29, 0.717) is 16.5 Å². The molecule has 2 heterocycles. The molecule has 3 rings (SSSR count). The van der Waals surface area contributed by atoms with Gasteiger partial charge in [0.25, 0.3) is 5.91 Å². The number of hydrogen-bond donors (Lipinski definition) is 1. The number of benzene rings is 1. The van der Waals surface area contributed by atoms with Gasteiger partial charge in [-0.25, -0.2) is 0 Å². The minimum absolute atomic E-state index is 0.198. The Morgan fingerprint density at radius 3 is 2.62 bits per heavy atom. The summed E-state index contributed by atoms with van der Waals surface area (Å²) in [5.41, 5.74) is 0.942. The average molecular weight is 342 g/mol. The zero-order valence-corrected chi connectivity index (χ0v) is 14.5. The lowest BCUT2D eigenvalue weighted by atomic mass is 10.1. The molecule has 1 amide bonds. The monoisotopic (exact) mass is 342 g/mol. The van der Waals surface area contributed by atoms with Crippen LogP contribution in [0.4, 0.5) is 0 Å². The maximum Gasteiger partial charge on any atom is 0.266 e. The highest BCUT2D eigenvalue weighted by Gasteiger charge is 2.24. The summed E-state index contributed by atoms with van der Waals surface area (Å²) in [6.45, 7) is 1.88. The maximum absolute atomic E-state index is 12.7. The third kappa shape index (κ3) is 3.03. The molecule has 0 aliphatic rings. The normalized spacial score (nSPS) is 12.0. The Labute approximate surface area is 144 Å². The smallest absolute Gasteiger partial charge is 0.266 e. The van der Waals surface area contributed by atoms with Gasteiger partial charge in [-0.2, -0.15) is 0 Å². The van der Waals surface area contributed by atoms with Gasteiger partial charge in [0.1, 0.15) is 22.5 Å². The van der Waals surface area contributed by atoms with E-state index in [1.807, 2.05) is 54.3 Å². The molecule has 1 N–H and O–H groups in total. The molecule has 0 fully saturated rings. The molecule has 0 aliphatic carbocycles. The molecule has 1 atom stereocenters. The summed E-state index contributed by atoms with van der Waals surface area (Å²) < 4.78 is 7.12. The van der Waals surface area contributed by atoms with Crippen molar-refractivity contribution in [2.45, 2.75) is 13.0 Å². The van der Waals surface area contributed by atoms with Gasteiger partial charge in [-0.1, -0.05) is 30.3 Å². The third-order valence-corrected chi connectivity index (χ3v) is 4.74. The summed E-state index contributed by atoms with van der Waals surface area (Å²) in [7, 11) is 3.44. The number of rotatable bonds is 5. The Morgan fingerprint density at radius 1 is 1.25 bits per heavy atom. The van der Waals surface area contributed by atoms with Gasteiger partial charge in [0.2, 0.25) is 0 Å². The summed E-state index contributed by atoms with van der Waals surface area (Å²) in [6.07, 6.45) is 0. The van der Waals surface area contributed by atoms with Crippen LogP contribution in [-0.2, 0) is 7.05 Å². The maximum atomic E-state index is 12.7. The highest BCUT2D eigenvalue weighted by Crippen LogP contribution is 2.27. The first-order valence-corrected chi connectivity index (χ1v) is 8.33. The Kier molecular flexibility index (Phi) is 4.61. The largest absolute Gasteiger partial charge is 0.495 e. The lowest BCUT2D eigenvalue weighted by Gasteiger charge is -2.18. The molecular formula is C17H18N4O2S. The average Bonchev–Trinajstić information content (AvgIpc) is 3.21. The summed E-state index contributed by atoms with van der Waals surface area (Å²) in [5.74, 6) is 1.84. The lowest BCUT2D eigenvalue weighted by Crippen LogP contribution is -2.31. The highest BCUT2D eigenvalue weighted by atomic mass is 32.1. The molecular weight excluding hydrogens is 324 g/mol. The number of aromatic nitrogens is 3. The number of nitrogens with zero attached hydrogens (tertiary/aromatic N) is 3. The van der Waals surface area contributed by atoms with E-state index in [2.05, 4.69) is 15.5 Å². The molecule has 0 saturated carbocycles. The van der Waals surface area contributed by atoms with Crippen molar-refractivity contribution in [2.24, 2.45) is 7.05 Å². The molecule has 0 spiro atoms. The first-order chi connectivity index (χ1) is 11.6. The van der Waals surface area contributed by atoms with Gasteiger partial charge in [-0.05, 0) is 23.9 Å². The summed E-state index contributed by atoms with van der Waals surface area (Å²) in [5, 5.41) is 13.2. The van der Waals surface area contributed by atoms with Gasteiger partial charge in [-0.3, -0.25) is 4.79 Å². The molecule has 0 saturated heterocycles. The SMILES string of the molecule is COc1ccsc1C(=O)N[C@H](c1ccccc1)c1nnc(C)n1C. The van der Waals surface area contributed by atoms with E-state index in [1.54, 1.807) is 13.2 Å². The van der Waals surface area contributed by atoms with Gasteiger partial charge in [0.15, 0.2) is 5.82 Å². The summed E-state index contributed by atoms with van der Waals surface area (Å²) in [4.78, 5) is 13.3. The molecule has 124 valence electrons. The Hall–Kier alpha value is -2.67. The zero-order valence-electron chi connectivity index (χ0n) is 13.7. The molecule has 0 unspecified atom stereocenters. The number of nitrogens with one attached hydrogen (secondary N) is 1. The molecule has 7 heteroatoms. The number of thiophene rings is 1. The van der Waals surface area contributed by atoms with Crippen molar-refractivity contribution in [3.63, 3.8) is 0 Å². The van der Waals surface area contributed by atoms with Crippen molar-refractivity contribution in [3.8, 4) is 5.75 Å². The Balaban J connectivity index is 1.97. The van der Waals surface area contributed by atoms with Crippen molar-refractivity contribution in [1.29, 1.82) is 0 Å². The van der Waals surface area contributed by atoms with Crippen LogP contribution in [0.25, 0.3) is 0 Å². The third-order valence-electron chi connectivity index (χ3n) is 3.85. The number of carbonyl (C=O) groups excluding carboxylic acids is 1. The van der Waals surface area contributed by atoms with Crippen molar-refractivity contribution in [1.82, 2.24) is 20.1 Å². The zero-order chi connectivity index (χ0) is 17.1. The minimum Gasteiger partial charge on any atom is -0.495 e. The number of carbonyl (C=O) groups is 1. The van der Waals surface area contributed by atoms with Crippen LogP contribution in [0.2, 0.25) is 0 Å². The predicted octanol–water partition coefficient (Wildman–Crippen LogP) is 2.71. The Morgan fingerprint density at radius 2 is 2.00 bits per heavy atom. The number of aryl methyl sites for hydroxylation is 1. The van der Waals surface area contributed by atoms with Crippen LogP contribution in [0, 0.1) is 6.92 Å². The molecule has 0 radical (unpaired) electrons. The minimum atomic E-state index is -0.392. The van der Waals surface area contributed by atoms with Crippen LogP contribution in [0.15, 0.2) is 41.8 Å². The van der Waals surface area contributed by atoms with Gasteiger partial charge >= 0.3 is 0 Å². The van der Waals surface area contributed by atoms with Crippen LogP contribution < -0.4 is 10.1 Å². The quantitative estimate of drug-likeness (QED) is 0.774. The number of amides is 1. The highest BCUT2D eigenvalue weighted by molar-refractivity contribution is 7.12. The summed E-state index contributed by atoms with van der Waals surface area (Å²) in [6, 6.07) is 11.1. The van der Waals surface area contributed by atoms with E-state index in [-0.39, 0.29) is 5.91 Å². The number of ether oxygens (including phenoxy) is 1. The first kappa shape index (κ1) is 16.2. The van der Waals surface area contributed by atoms with Crippen LogP contribution in [-0.4, -0.2) is 27.8 Å². The fourth-order valence-electron chi connectivity index (χ4n) is 2.44. The fourth-order valence-corrected chi connectivity index (χ4v) is 3.20. The van der Waals surface area contributed by atoms with Crippen LogP contribution in [0.3, 0.4) is 0 Å². The molecule has 24 heavy (non-hydrogen) atoms. The van der Waals surface area contributed by atoms with Crippen molar-refractivity contribution in [2.75, 3.05) is 7.11 Å². The van der Waals surface area contributed by atoms with E-state index < -0.39 is 6.04 Å². The molecule has 0 bridgehead atoms. The summed E-state index contributed by atoms with van der Waals surface area (Å²) >= 11 is 1.34. The van der Waals surface area contributed by atoms with Crippen LogP contribution >= 0.6 is 11.3 Å².